The molecule has 2 aromatic rings. The molecule has 0 bridgehead atoms. The number of carbonyl (C=O) groups excluding carboxylic acids is 1. The number of nitrogens with zero attached hydrogens (tertiary/aromatic N) is 5. The maximum absolute atomic E-state index is 12.1. The molecule has 3 heterocycles. The second-order valence-electron chi connectivity index (χ2n) is 5.46. The number of nitrogens with one attached hydrogen (secondary N) is 1. The highest BCUT2D eigenvalue weighted by Gasteiger charge is 2.22. The van der Waals surface area contributed by atoms with Crippen LogP contribution in [-0.2, 0) is 13.0 Å². The highest BCUT2D eigenvalue weighted by Crippen LogP contribution is 2.18. The Morgan fingerprint density at radius 1 is 1.41 bits per heavy atom. The molecule has 118 valence electrons. The molecule has 7 nitrogen and oxygen atoms in total. The van der Waals surface area contributed by atoms with Crippen molar-refractivity contribution in [3.05, 3.63) is 29.2 Å². The third kappa shape index (κ3) is 4.03. The van der Waals surface area contributed by atoms with E-state index in [0.717, 1.165) is 43.9 Å². The molecule has 0 spiro atoms. The van der Waals surface area contributed by atoms with Gasteiger partial charge in [0.05, 0.1) is 5.01 Å². The van der Waals surface area contributed by atoms with Gasteiger partial charge in [-0.3, -0.25) is 4.68 Å². The van der Waals surface area contributed by atoms with Gasteiger partial charge in [0.25, 0.3) is 0 Å². The molecular weight excluding hydrogens is 300 g/mol. The van der Waals surface area contributed by atoms with E-state index in [1.807, 2.05) is 15.0 Å². The van der Waals surface area contributed by atoms with Gasteiger partial charge in [-0.2, -0.15) is 5.10 Å². The number of carbonyl (C=O) groups is 1. The lowest BCUT2D eigenvalue weighted by Crippen LogP contribution is -2.45. The molecule has 8 heteroatoms. The third-order valence-electron chi connectivity index (χ3n) is 3.91. The minimum absolute atomic E-state index is 0.0377. The van der Waals surface area contributed by atoms with Crippen molar-refractivity contribution in [1.29, 1.82) is 0 Å². The summed E-state index contributed by atoms with van der Waals surface area (Å²) >= 11 is 1.62. The highest BCUT2D eigenvalue weighted by atomic mass is 32.1. The summed E-state index contributed by atoms with van der Waals surface area (Å²) < 4.78 is 1.87. The van der Waals surface area contributed by atoms with Crippen LogP contribution in [0.4, 0.5) is 4.79 Å². The van der Waals surface area contributed by atoms with Crippen molar-refractivity contribution in [2.24, 2.45) is 5.92 Å². The molecule has 1 aliphatic heterocycles. The van der Waals surface area contributed by atoms with Crippen molar-refractivity contribution >= 4 is 17.4 Å². The third-order valence-corrected chi connectivity index (χ3v) is 4.75. The average molecular weight is 320 g/mol. The Labute approximate surface area is 133 Å². The van der Waals surface area contributed by atoms with Gasteiger partial charge >= 0.3 is 6.03 Å². The van der Waals surface area contributed by atoms with Crippen LogP contribution in [0.15, 0.2) is 24.2 Å². The molecule has 2 aromatic heterocycles. The standard InChI is InChI=1S/C14H20N6OS/c21-14(17-4-1-13-16-5-8-22-13)19-6-2-12(3-7-19)9-20-11-15-10-18-20/h5,8,10-12H,1-4,6-7,9H2,(H,17,21). The molecule has 1 fully saturated rings. The number of hydrogen-bond donors (Lipinski definition) is 1. The zero-order chi connectivity index (χ0) is 15.2. The van der Waals surface area contributed by atoms with E-state index >= 15 is 0 Å². The average Bonchev–Trinajstić information content (AvgIpc) is 3.21. The van der Waals surface area contributed by atoms with Crippen LogP contribution in [0, 0.1) is 5.92 Å². The van der Waals surface area contributed by atoms with Gasteiger partial charge in [-0.25, -0.2) is 14.8 Å². The topological polar surface area (TPSA) is 75.9 Å². The first kappa shape index (κ1) is 15.0. The Hall–Kier alpha value is -1.96. The molecule has 3 rings (SSSR count). The second-order valence-corrected chi connectivity index (χ2v) is 6.43. The van der Waals surface area contributed by atoms with Crippen LogP contribution in [0.25, 0.3) is 0 Å². The molecule has 22 heavy (non-hydrogen) atoms. The van der Waals surface area contributed by atoms with Crippen molar-refractivity contribution in [2.45, 2.75) is 25.8 Å². The molecule has 1 saturated heterocycles. The van der Waals surface area contributed by atoms with Gasteiger partial charge in [0, 0.05) is 44.2 Å². The van der Waals surface area contributed by atoms with Crippen LogP contribution >= 0.6 is 11.3 Å². The predicted octanol–water partition coefficient (Wildman–Crippen LogP) is 1.40. The highest BCUT2D eigenvalue weighted by molar-refractivity contribution is 7.09. The maximum Gasteiger partial charge on any atom is 0.317 e. The molecule has 0 radical (unpaired) electrons. The van der Waals surface area contributed by atoms with Crippen LogP contribution in [-0.4, -0.2) is 50.3 Å². The molecule has 0 atom stereocenters. The lowest BCUT2D eigenvalue weighted by atomic mass is 9.97. The Kier molecular flexibility index (Phi) is 4.99. The van der Waals surface area contributed by atoms with E-state index in [2.05, 4.69) is 20.4 Å². The molecule has 0 aromatic carbocycles. The lowest BCUT2D eigenvalue weighted by molar-refractivity contribution is 0.164. The summed E-state index contributed by atoms with van der Waals surface area (Å²) in [4.78, 5) is 22.2. The Morgan fingerprint density at radius 3 is 2.95 bits per heavy atom. The molecule has 1 aliphatic rings. The monoisotopic (exact) mass is 320 g/mol. The normalized spacial score (nSPS) is 15.9. The van der Waals surface area contributed by atoms with E-state index < -0.39 is 0 Å². The number of aromatic nitrogens is 4. The van der Waals surface area contributed by atoms with Gasteiger partial charge < -0.3 is 10.2 Å². The summed E-state index contributed by atoms with van der Waals surface area (Å²) in [6.07, 6.45) is 7.93. The van der Waals surface area contributed by atoms with Gasteiger partial charge in [0.1, 0.15) is 12.7 Å². The SMILES string of the molecule is O=C(NCCc1nccs1)N1CCC(Cn2cncn2)CC1. The second kappa shape index (κ2) is 7.35. The number of piperidine rings is 1. The van der Waals surface area contributed by atoms with Gasteiger partial charge in [0.15, 0.2) is 0 Å². The number of hydrogen-bond acceptors (Lipinski definition) is 5. The largest absolute Gasteiger partial charge is 0.338 e. The predicted molar refractivity (Wildman–Crippen MR) is 83.5 cm³/mol. The number of rotatable bonds is 5. The van der Waals surface area contributed by atoms with Gasteiger partial charge in [-0.15, -0.1) is 11.3 Å². The zero-order valence-corrected chi connectivity index (χ0v) is 13.2. The summed E-state index contributed by atoms with van der Waals surface area (Å²) in [5.41, 5.74) is 0. The minimum Gasteiger partial charge on any atom is -0.338 e. The van der Waals surface area contributed by atoms with E-state index in [0.29, 0.717) is 12.5 Å². The van der Waals surface area contributed by atoms with Crippen LogP contribution in [0.2, 0.25) is 0 Å². The molecule has 1 N–H and O–H groups in total. The fourth-order valence-corrected chi connectivity index (χ4v) is 3.30. The number of urea groups is 1. The molecule has 0 saturated carbocycles. The van der Waals surface area contributed by atoms with Crippen molar-refractivity contribution in [3.8, 4) is 0 Å². The van der Waals surface area contributed by atoms with E-state index in [-0.39, 0.29) is 6.03 Å². The van der Waals surface area contributed by atoms with Crippen molar-refractivity contribution in [2.75, 3.05) is 19.6 Å². The van der Waals surface area contributed by atoms with Gasteiger partial charge in [-0.1, -0.05) is 0 Å². The minimum atomic E-state index is 0.0377. The first-order chi connectivity index (χ1) is 10.8. The maximum atomic E-state index is 12.1. The lowest BCUT2D eigenvalue weighted by Gasteiger charge is -2.31. The Morgan fingerprint density at radius 2 is 2.27 bits per heavy atom. The Balaban J connectivity index is 1.36. The van der Waals surface area contributed by atoms with Crippen LogP contribution in [0.1, 0.15) is 17.8 Å². The summed E-state index contributed by atoms with van der Waals surface area (Å²) in [5.74, 6) is 0.570. The fraction of sp³-hybridized carbons (Fsp3) is 0.571. The number of likely N-dealkylation sites (tertiary alicyclic amines) is 1. The van der Waals surface area contributed by atoms with Crippen molar-refractivity contribution < 1.29 is 4.79 Å². The van der Waals surface area contributed by atoms with Gasteiger partial charge in [0.2, 0.25) is 0 Å². The van der Waals surface area contributed by atoms with E-state index in [4.69, 9.17) is 0 Å². The van der Waals surface area contributed by atoms with Gasteiger partial charge in [-0.05, 0) is 18.8 Å². The summed E-state index contributed by atoms with van der Waals surface area (Å²) in [6, 6.07) is 0.0377. The molecule has 2 amide bonds. The van der Waals surface area contributed by atoms with Crippen molar-refractivity contribution in [3.63, 3.8) is 0 Å². The number of thiazole rings is 1. The van der Waals surface area contributed by atoms with Crippen LogP contribution < -0.4 is 5.32 Å². The summed E-state index contributed by atoms with van der Waals surface area (Å²) in [5, 5.41) is 10.1. The fourth-order valence-electron chi connectivity index (χ4n) is 2.67. The van der Waals surface area contributed by atoms with E-state index in [1.165, 1.54) is 0 Å². The molecule has 0 aliphatic carbocycles. The van der Waals surface area contributed by atoms with Crippen LogP contribution in [0.5, 0.6) is 0 Å². The quantitative estimate of drug-likeness (QED) is 0.903. The van der Waals surface area contributed by atoms with Crippen molar-refractivity contribution in [1.82, 2.24) is 30.0 Å². The summed E-state index contributed by atoms with van der Waals surface area (Å²) in [6.45, 7) is 3.15. The number of amides is 2. The molecular formula is C14H20N6OS. The van der Waals surface area contributed by atoms with E-state index in [9.17, 15) is 4.79 Å². The Bertz CT molecular complexity index is 562. The van der Waals surface area contributed by atoms with Crippen LogP contribution in [0.3, 0.4) is 0 Å². The summed E-state index contributed by atoms with van der Waals surface area (Å²) in [7, 11) is 0. The molecule has 0 unspecified atom stereocenters. The smallest absolute Gasteiger partial charge is 0.317 e. The first-order valence-electron chi connectivity index (χ1n) is 7.55. The van der Waals surface area contributed by atoms with E-state index in [1.54, 1.807) is 30.2 Å². The zero-order valence-electron chi connectivity index (χ0n) is 12.4. The first-order valence-corrected chi connectivity index (χ1v) is 8.43.